The van der Waals surface area contributed by atoms with Crippen LogP contribution in [0.25, 0.3) is 0 Å². The van der Waals surface area contributed by atoms with Gasteiger partial charge in [-0.1, -0.05) is 12.1 Å². The van der Waals surface area contributed by atoms with Gasteiger partial charge in [-0.2, -0.15) is 0 Å². The molecule has 2 rings (SSSR count). The van der Waals surface area contributed by atoms with Crippen LogP contribution in [-0.2, 0) is 4.79 Å². The third kappa shape index (κ3) is 3.76. The predicted octanol–water partition coefficient (Wildman–Crippen LogP) is 2.40. The molecule has 1 fully saturated rings. The molecule has 4 nitrogen and oxygen atoms in total. The highest BCUT2D eigenvalue weighted by atomic mass is 16.5. The fourth-order valence-corrected chi connectivity index (χ4v) is 3.04. The van der Waals surface area contributed by atoms with Gasteiger partial charge in [0, 0.05) is 13.1 Å². The lowest BCUT2D eigenvalue weighted by Gasteiger charge is -2.33. The number of piperidine rings is 1. The Morgan fingerprint density at radius 3 is 2.52 bits per heavy atom. The summed E-state index contributed by atoms with van der Waals surface area (Å²) < 4.78 is 5.20. The summed E-state index contributed by atoms with van der Waals surface area (Å²) >= 11 is 0. The lowest BCUT2D eigenvalue weighted by Crippen LogP contribution is -2.49. The summed E-state index contributed by atoms with van der Waals surface area (Å²) in [5.74, 6) is 1.56. The largest absolute Gasteiger partial charge is 0.497 e. The Balaban J connectivity index is 2.04. The molecule has 116 valence electrons. The van der Waals surface area contributed by atoms with E-state index in [2.05, 4.69) is 17.4 Å². The smallest absolute Gasteiger partial charge is 0.239 e. The minimum atomic E-state index is -0.0502. The molecule has 21 heavy (non-hydrogen) atoms. The highest BCUT2D eigenvalue weighted by molar-refractivity contribution is 5.82. The summed E-state index contributed by atoms with van der Waals surface area (Å²) in [6.07, 6.45) is 1.95. The number of benzene rings is 1. The molecule has 0 aromatic heterocycles. The average Bonchev–Trinajstić information content (AvgIpc) is 2.56. The van der Waals surface area contributed by atoms with E-state index in [1.54, 1.807) is 7.11 Å². The number of methoxy groups -OCH3 is 1. The molecule has 0 saturated carbocycles. The number of amides is 1. The van der Waals surface area contributed by atoms with E-state index in [9.17, 15) is 4.79 Å². The molecular weight excluding hydrogens is 264 g/mol. The summed E-state index contributed by atoms with van der Waals surface area (Å²) in [5, 5.41) is 3.37. The van der Waals surface area contributed by atoms with E-state index in [1.165, 1.54) is 5.56 Å². The van der Waals surface area contributed by atoms with Crippen LogP contribution in [0.3, 0.4) is 0 Å². The van der Waals surface area contributed by atoms with Gasteiger partial charge in [-0.05, 0) is 56.8 Å². The van der Waals surface area contributed by atoms with E-state index in [4.69, 9.17) is 4.74 Å². The van der Waals surface area contributed by atoms with Crippen molar-refractivity contribution in [2.45, 2.75) is 38.6 Å². The molecule has 1 amide bonds. The molecule has 0 spiro atoms. The zero-order chi connectivity index (χ0) is 15.2. The van der Waals surface area contributed by atoms with Gasteiger partial charge in [-0.15, -0.1) is 0 Å². The first-order valence-corrected chi connectivity index (χ1v) is 7.85. The standard InChI is InChI=1S/C17H26N2O2/c1-4-19(5-2)17(20)16-12-14(10-11-18-16)13-6-8-15(21-3)9-7-13/h6-9,14,16,18H,4-5,10-12H2,1-3H3. The second kappa shape index (κ2) is 7.46. The van der Waals surface area contributed by atoms with E-state index < -0.39 is 0 Å². The number of nitrogens with zero attached hydrogens (tertiary/aromatic N) is 1. The molecule has 4 heteroatoms. The molecule has 1 heterocycles. The van der Waals surface area contributed by atoms with Crippen LogP contribution in [0.1, 0.15) is 38.2 Å². The highest BCUT2D eigenvalue weighted by Crippen LogP contribution is 2.29. The van der Waals surface area contributed by atoms with Crippen LogP contribution < -0.4 is 10.1 Å². The third-order valence-electron chi connectivity index (χ3n) is 4.36. The van der Waals surface area contributed by atoms with Gasteiger partial charge in [0.05, 0.1) is 13.2 Å². The lowest BCUT2D eigenvalue weighted by molar-refractivity contribution is -0.133. The van der Waals surface area contributed by atoms with E-state index in [0.29, 0.717) is 5.92 Å². The maximum Gasteiger partial charge on any atom is 0.239 e. The van der Waals surface area contributed by atoms with Crippen molar-refractivity contribution in [3.05, 3.63) is 29.8 Å². The molecule has 1 aromatic rings. The van der Waals surface area contributed by atoms with Crippen molar-refractivity contribution < 1.29 is 9.53 Å². The van der Waals surface area contributed by atoms with Crippen LogP contribution in [0.15, 0.2) is 24.3 Å². The van der Waals surface area contributed by atoms with Crippen LogP contribution in [0.2, 0.25) is 0 Å². The molecular formula is C17H26N2O2. The molecule has 1 N–H and O–H groups in total. The normalized spacial score (nSPS) is 21.9. The number of ether oxygens (including phenoxy) is 1. The summed E-state index contributed by atoms with van der Waals surface area (Å²) in [7, 11) is 1.68. The van der Waals surface area contributed by atoms with Gasteiger partial charge < -0.3 is 15.0 Å². The van der Waals surface area contributed by atoms with Gasteiger partial charge in [0.1, 0.15) is 5.75 Å². The van der Waals surface area contributed by atoms with Gasteiger partial charge in [-0.25, -0.2) is 0 Å². The van der Waals surface area contributed by atoms with Crippen molar-refractivity contribution >= 4 is 5.91 Å². The molecule has 1 aliphatic rings. The maximum atomic E-state index is 12.5. The highest BCUT2D eigenvalue weighted by Gasteiger charge is 2.29. The Hall–Kier alpha value is -1.55. The lowest BCUT2D eigenvalue weighted by atomic mass is 9.86. The number of hydrogen-bond donors (Lipinski definition) is 1. The van der Waals surface area contributed by atoms with Gasteiger partial charge in [0.15, 0.2) is 0 Å². The Kier molecular flexibility index (Phi) is 5.62. The maximum absolute atomic E-state index is 12.5. The SMILES string of the molecule is CCN(CC)C(=O)C1CC(c2ccc(OC)cc2)CCN1. The Bertz CT molecular complexity index is 454. The van der Waals surface area contributed by atoms with Gasteiger partial charge in [0.2, 0.25) is 5.91 Å². The predicted molar refractivity (Wildman–Crippen MR) is 84.7 cm³/mol. The van der Waals surface area contributed by atoms with Crippen molar-refractivity contribution in [3.63, 3.8) is 0 Å². The van der Waals surface area contributed by atoms with Crippen LogP contribution in [-0.4, -0.2) is 43.6 Å². The number of nitrogens with one attached hydrogen (secondary N) is 1. The number of likely N-dealkylation sites (N-methyl/N-ethyl adjacent to an activating group) is 1. The molecule has 0 bridgehead atoms. The number of rotatable bonds is 5. The van der Waals surface area contributed by atoms with Crippen LogP contribution in [0.5, 0.6) is 5.75 Å². The van der Waals surface area contributed by atoms with Gasteiger partial charge in [-0.3, -0.25) is 4.79 Å². The van der Waals surface area contributed by atoms with Crippen LogP contribution in [0, 0.1) is 0 Å². The second-order valence-electron chi connectivity index (χ2n) is 5.51. The Labute approximate surface area is 127 Å². The van der Waals surface area contributed by atoms with E-state index in [0.717, 1.165) is 38.2 Å². The number of carbonyl (C=O) groups is 1. The van der Waals surface area contributed by atoms with E-state index in [-0.39, 0.29) is 11.9 Å². The monoisotopic (exact) mass is 290 g/mol. The van der Waals surface area contributed by atoms with Crippen molar-refractivity contribution in [1.29, 1.82) is 0 Å². The number of hydrogen-bond acceptors (Lipinski definition) is 3. The molecule has 0 radical (unpaired) electrons. The van der Waals surface area contributed by atoms with Gasteiger partial charge >= 0.3 is 0 Å². The Morgan fingerprint density at radius 1 is 1.29 bits per heavy atom. The van der Waals surface area contributed by atoms with Crippen molar-refractivity contribution in [1.82, 2.24) is 10.2 Å². The van der Waals surface area contributed by atoms with Crippen LogP contribution >= 0.6 is 0 Å². The minimum absolute atomic E-state index is 0.0502. The summed E-state index contributed by atoms with van der Waals surface area (Å²) in [4.78, 5) is 14.4. The fraction of sp³-hybridized carbons (Fsp3) is 0.588. The van der Waals surface area contributed by atoms with Crippen molar-refractivity contribution in [3.8, 4) is 5.75 Å². The second-order valence-corrected chi connectivity index (χ2v) is 5.51. The first kappa shape index (κ1) is 15.8. The zero-order valence-electron chi connectivity index (χ0n) is 13.3. The molecule has 0 aliphatic carbocycles. The minimum Gasteiger partial charge on any atom is -0.497 e. The number of carbonyl (C=O) groups excluding carboxylic acids is 1. The first-order chi connectivity index (χ1) is 10.2. The summed E-state index contributed by atoms with van der Waals surface area (Å²) in [6, 6.07) is 8.18. The summed E-state index contributed by atoms with van der Waals surface area (Å²) in [6.45, 7) is 6.52. The first-order valence-electron chi connectivity index (χ1n) is 7.85. The molecule has 1 saturated heterocycles. The molecule has 1 aromatic carbocycles. The van der Waals surface area contributed by atoms with Crippen molar-refractivity contribution in [2.75, 3.05) is 26.7 Å². The third-order valence-corrected chi connectivity index (χ3v) is 4.36. The Morgan fingerprint density at radius 2 is 1.95 bits per heavy atom. The molecule has 2 atom stereocenters. The molecule has 1 aliphatic heterocycles. The van der Waals surface area contributed by atoms with E-state index >= 15 is 0 Å². The average molecular weight is 290 g/mol. The summed E-state index contributed by atoms with van der Waals surface area (Å²) in [5.41, 5.74) is 1.30. The molecule has 2 unspecified atom stereocenters. The van der Waals surface area contributed by atoms with Crippen molar-refractivity contribution in [2.24, 2.45) is 0 Å². The van der Waals surface area contributed by atoms with Crippen LogP contribution in [0.4, 0.5) is 0 Å². The van der Waals surface area contributed by atoms with E-state index in [1.807, 2.05) is 30.9 Å². The topological polar surface area (TPSA) is 41.6 Å². The van der Waals surface area contributed by atoms with Gasteiger partial charge in [0.25, 0.3) is 0 Å². The zero-order valence-corrected chi connectivity index (χ0v) is 13.3. The quantitative estimate of drug-likeness (QED) is 0.905. The fourth-order valence-electron chi connectivity index (χ4n) is 3.04.